The minimum absolute atomic E-state index is 0.159. The maximum absolute atomic E-state index is 12.4. The lowest BCUT2D eigenvalue weighted by Crippen LogP contribution is -2.29. The fourth-order valence-electron chi connectivity index (χ4n) is 2.41. The molecule has 0 aliphatic heterocycles. The molecule has 0 heterocycles. The molecule has 2 aromatic carbocycles. The first kappa shape index (κ1) is 18.3. The summed E-state index contributed by atoms with van der Waals surface area (Å²) in [5.41, 5.74) is 1.19. The molecular weight excluding hydrogens is 326 g/mol. The fourth-order valence-corrected chi connectivity index (χ4v) is 3.59. The van der Waals surface area contributed by atoms with E-state index in [9.17, 15) is 8.42 Å². The summed E-state index contributed by atoms with van der Waals surface area (Å²) in [6.07, 6.45) is 0.815. The highest BCUT2D eigenvalue weighted by atomic mass is 32.2. The van der Waals surface area contributed by atoms with Gasteiger partial charge in [-0.05, 0) is 30.0 Å². The number of nitrogens with one attached hydrogen (secondary N) is 1. The molecule has 0 saturated heterocycles. The summed E-state index contributed by atoms with van der Waals surface area (Å²) in [6.45, 7) is 2.38. The van der Waals surface area contributed by atoms with Crippen molar-refractivity contribution in [1.82, 2.24) is 4.72 Å². The largest absolute Gasteiger partial charge is 0.493 e. The van der Waals surface area contributed by atoms with E-state index in [1.165, 1.54) is 31.9 Å². The predicted octanol–water partition coefficient (Wildman–Crippen LogP) is 2.86. The monoisotopic (exact) mass is 349 g/mol. The van der Waals surface area contributed by atoms with Crippen LogP contribution in [0.1, 0.15) is 12.5 Å². The first-order chi connectivity index (χ1) is 11.5. The average Bonchev–Trinajstić information content (AvgIpc) is 2.60. The van der Waals surface area contributed by atoms with Crippen molar-refractivity contribution in [3.8, 4) is 11.5 Å². The molecule has 0 aromatic heterocycles. The molecule has 0 aliphatic rings. The first-order valence-electron chi connectivity index (χ1n) is 7.72. The van der Waals surface area contributed by atoms with Gasteiger partial charge in [-0.15, -0.1) is 0 Å². The van der Waals surface area contributed by atoms with Gasteiger partial charge in [0.1, 0.15) is 0 Å². The zero-order valence-electron chi connectivity index (χ0n) is 14.2. The van der Waals surface area contributed by atoms with Crippen molar-refractivity contribution < 1.29 is 17.9 Å². The molecule has 2 rings (SSSR count). The predicted molar refractivity (Wildman–Crippen MR) is 94.0 cm³/mol. The maximum atomic E-state index is 12.4. The molecule has 0 fully saturated rings. The third-order valence-corrected chi connectivity index (χ3v) is 5.14. The Labute approximate surface area is 143 Å². The van der Waals surface area contributed by atoms with Crippen LogP contribution >= 0.6 is 0 Å². The quantitative estimate of drug-likeness (QED) is 0.796. The van der Waals surface area contributed by atoms with E-state index in [2.05, 4.69) is 4.72 Å². The summed E-state index contributed by atoms with van der Waals surface area (Å²) >= 11 is 0. The van der Waals surface area contributed by atoms with Crippen molar-refractivity contribution in [2.75, 3.05) is 20.8 Å². The molecule has 0 radical (unpaired) electrons. The summed E-state index contributed by atoms with van der Waals surface area (Å²) in [6, 6.07) is 14.6. The lowest BCUT2D eigenvalue weighted by molar-refractivity contribution is 0.354. The highest BCUT2D eigenvalue weighted by molar-refractivity contribution is 7.89. The van der Waals surface area contributed by atoms with Crippen LogP contribution in [0.25, 0.3) is 0 Å². The fraction of sp³-hybridized carbons (Fsp3) is 0.333. The molecule has 0 saturated carbocycles. The summed E-state index contributed by atoms with van der Waals surface area (Å²) < 4.78 is 37.8. The van der Waals surface area contributed by atoms with Crippen molar-refractivity contribution in [1.29, 1.82) is 0 Å². The van der Waals surface area contributed by atoms with Crippen LogP contribution in [0.4, 0.5) is 0 Å². The van der Waals surface area contributed by atoms with Crippen molar-refractivity contribution in [2.24, 2.45) is 5.92 Å². The van der Waals surface area contributed by atoms with Crippen LogP contribution < -0.4 is 14.2 Å². The van der Waals surface area contributed by atoms with Gasteiger partial charge in [0.25, 0.3) is 0 Å². The van der Waals surface area contributed by atoms with E-state index >= 15 is 0 Å². The molecule has 2 aromatic rings. The summed E-state index contributed by atoms with van der Waals surface area (Å²) in [5, 5.41) is 0. The van der Waals surface area contributed by atoms with Crippen LogP contribution in [-0.4, -0.2) is 29.2 Å². The Morgan fingerprint density at radius 1 is 1.00 bits per heavy atom. The Balaban J connectivity index is 2.03. The molecule has 0 amide bonds. The van der Waals surface area contributed by atoms with Gasteiger partial charge in [0.15, 0.2) is 11.5 Å². The summed E-state index contributed by atoms with van der Waals surface area (Å²) in [4.78, 5) is 0.159. The molecule has 24 heavy (non-hydrogen) atoms. The number of benzene rings is 2. The third kappa shape index (κ3) is 4.72. The molecule has 1 N–H and O–H groups in total. The van der Waals surface area contributed by atoms with Crippen LogP contribution in [0.15, 0.2) is 53.4 Å². The minimum atomic E-state index is -3.59. The molecule has 6 heteroatoms. The lowest BCUT2D eigenvalue weighted by atomic mass is 10.0. The Hall–Kier alpha value is -2.05. The SMILES string of the molecule is COc1ccc(S(=O)(=O)NCC(C)Cc2ccccc2)cc1OC. The van der Waals surface area contributed by atoms with E-state index in [4.69, 9.17) is 9.47 Å². The molecule has 5 nitrogen and oxygen atoms in total. The van der Waals surface area contributed by atoms with Gasteiger partial charge in [-0.1, -0.05) is 37.3 Å². The second-order valence-corrected chi connectivity index (χ2v) is 7.43. The van der Waals surface area contributed by atoms with E-state index < -0.39 is 10.0 Å². The van der Waals surface area contributed by atoms with Gasteiger partial charge < -0.3 is 9.47 Å². The molecular formula is C18H23NO4S. The van der Waals surface area contributed by atoms with Gasteiger partial charge in [0.05, 0.1) is 19.1 Å². The van der Waals surface area contributed by atoms with E-state index in [-0.39, 0.29) is 10.8 Å². The van der Waals surface area contributed by atoms with E-state index in [0.717, 1.165) is 6.42 Å². The Kier molecular flexibility index (Phi) is 6.23. The van der Waals surface area contributed by atoms with Gasteiger partial charge in [0.2, 0.25) is 10.0 Å². The van der Waals surface area contributed by atoms with Crippen LogP contribution in [0.3, 0.4) is 0 Å². The number of rotatable bonds is 8. The Bertz CT molecular complexity index is 760. The van der Waals surface area contributed by atoms with Crippen LogP contribution in [0.2, 0.25) is 0 Å². The van der Waals surface area contributed by atoms with Crippen LogP contribution in [0, 0.1) is 5.92 Å². The van der Waals surface area contributed by atoms with E-state index in [0.29, 0.717) is 18.0 Å². The van der Waals surface area contributed by atoms with Crippen molar-refractivity contribution in [2.45, 2.75) is 18.2 Å². The van der Waals surface area contributed by atoms with Gasteiger partial charge in [-0.3, -0.25) is 0 Å². The zero-order chi connectivity index (χ0) is 17.6. The Morgan fingerprint density at radius 2 is 1.67 bits per heavy atom. The molecule has 1 atom stereocenters. The van der Waals surface area contributed by atoms with Crippen molar-refractivity contribution in [3.63, 3.8) is 0 Å². The number of sulfonamides is 1. The van der Waals surface area contributed by atoms with E-state index in [1.807, 2.05) is 37.3 Å². The van der Waals surface area contributed by atoms with E-state index in [1.54, 1.807) is 6.07 Å². The highest BCUT2D eigenvalue weighted by Crippen LogP contribution is 2.29. The molecule has 0 bridgehead atoms. The second kappa shape index (κ2) is 8.17. The molecule has 1 unspecified atom stereocenters. The standard InChI is InChI=1S/C18H23NO4S/c1-14(11-15-7-5-4-6-8-15)13-19-24(20,21)16-9-10-17(22-2)18(12-16)23-3/h4-10,12,14,19H,11,13H2,1-3H3. The lowest BCUT2D eigenvalue weighted by Gasteiger charge is -2.14. The van der Waals surface area contributed by atoms with Gasteiger partial charge >= 0.3 is 0 Å². The molecule has 0 aliphatic carbocycles. The number of ether oxygens (including phenoxy) is 2. The maximum Gasteiger partial charge on any atom is 0.240 e. The summed E-state index contributed by atoms with van der Waals surface area (Å²) in [5.74, 6) is 1.06. The van der Waals surface area contributed by atoms with Crippen molar-refractivity contribution >= 4 is 10.0 Å². The molecule has 0 spiro atoms. The van der Waals surface area contributed by atoms with Gasteiger partial charge in [-0.2, -0.15) is 0 Å². The summed E-state index contributed by atoms with van der Waals surface area (Å²) in [7, 11) is -0.605. The van der Waals surface area contributed by atoms with Crippen LogP contribution in [0.5, 0.6) is 11.5 Å². The molecule has 130 valence electrons. The highest BCUT2D eigenvalue weighted by Gasteiger charge is 2.18. The normalized spacial score (nSPS) is 12.6. The smallest absolute Gasteiger partial charge is 0.240 e. The number of hydrogen-bond donors (Lipinski definition) is 1. The zero-order valence-corrected chi connectivity index (χ0v) is 15.0. The van der Waals surface area contributed by atoms with Crippen LogP contribution in [-0.2, 0) is 16.4 Å². The minimum Gasteiger partial charge on any atom is -0.493 e. The average molecular weight is 349 g/mol. The number of methoxy groups -OCH3 is 2. The van der Waals surface area contributed by atoms with Crippen molar-refractivity contribution in [3.05, 3.63) is 54.1 Å². The Morgan fingerprint density at radius 3 is 2.29 bits per heavy atom. The van der Waals surface area contributed by atoms with Gasteiger partial charge in [0, 0.05) is 12.6 Å². The number of hydrogen-bond acceptors (Lipinski definition) is 4. The van der Waals surface area contributed by atoms with Gasteiger partial charge in [-0.25, -0.2) is 13.1 Å². The third-order valence-electron chi connectivity index (χ3n) is 3.71. The first-order valence-corrected chi connectivity index (χ1v) is 9.20. The second-order valence-electron chi connectivity index (χ2n) is 5.66. The topological polar surface area (TPSA) is 64.6 Å².